The van der Waals surface area contributed by atoms with Gasteiger partial charge in [-0.15, -0.1) is 0 Å². The summed E-state index contributed by atoms with van der Waals surface area (Å²) in [6.45, 7) is 1.96. The standard InChI is InChI=1S/C15H10BrN3/c1-10-2-3-11(8-17)14(6-10)19-15-7-13(16)5-4-12(15)9-18/h2-7,19H,1H3. The lowest BCUT2D eigenvalue weighted by molar-refractivity contribution is 1.40. The van der Waals surface area contributed by atoms with Crippen LogP contribution in [0.1, 0.15) is 16.7 Å². The molecule has 19 heavy (non-hydrogen) atoms. The maximum Gasteiger partial charge on any atom is 0.101 e. The quantitative estimate of drug-likeness (QED) is 0.902. The Morgan fingerprint density at radius 3 is 2.16 bits per heavy atom. The first-order valence-electron chi connectivity index (χ1n) is 5.61. The van der Waals surface area contributed by atoms with Crippen LogP contribution in [0.25, 0.3) is 0 Å². The number of aryl methyl sites for hydroxylation is 1. The molecule has 2 aromatic carbocycles. The number of anilines is 2. The van der Waals surface area contributed by atoms with Gasteiger partial charge in [0.2, 0.25) is 0 Å². The summed E-state index contributed by atoms with van der Waals surface area (Å²) in [5, 5.41) is 21.4. The van der Waals surface area contributed by atoms with E-state index in [-0.39, 0.29) is 0 Å². The molecular weight excluding hydrogens is 302 g/mol. The van der Waals surface area contributed by atoms with Gasteiger partial charge in [-0.1, -0.05) is 22.0 Å². The lowest BCUT2D eigenvalue weighted by Crippen LogP contribution is -1.97. The van der Waals surface area contributed by atoms with Gasteiger partial charge < -0.3 is 5.32 Å². The smallest absolute Gasteiger partial charge is 0.101 e. The number of rotatable bonds is 2. The molecule has 0 radical (unpaired) electrons. The lowest BCUT2D eigenvalue weighted by Gasteiger charge is -2.11. The predicted octanol–water partition coefficient (Wildman–Crippen LogP) is 4.24. The highest BCUT2D eigenvalue weighted by molar-refractivity contribution is 9.10. The summed E-state index contributed by atoms with van der Waals surface area (Å²) >= 11 is 3.37. The van der Waals surface area contributed by atoms with E-state index in [9.17, 15) is 0 Å². The van der Waals surface area contributed by atoms with E-state index in [1.807, 2.05) is 31.2 Å². The molecule has 0 aliphatic rings. The van der Waals surface area contributed by atoms with E-state index in [4.69, 9.17) is 10.5 Å². The van der Waals surface area contributed by atoms with Gasteiger partial charge in [-0.05, 0) is 42.8 Å². The van der Waals surface area contributed by atoms with E-state index in [1.165, 1.54) is 0 Å². The highest BCUT2D eigenvalue weighted by atomic mass is 79.9. The Labute approximate surface area is 120 Å². The Kier molecular flexibility index (Phi) is 3.85. The first-order chi connectivity index (χ1) is 9.13. The molecule has 0 aliphatic carbocycles. The molecule has 0 fully saturated rings. The number of nitrogens with one attached hydrogen (secondary N) is 1. The van der Waals surface area contributed by atoms with Crippen LogP contribution in [-0.4, -0.2) is 0 Å². The number of hydrogen-bond donors (Lipinski definition) is 1. The van der Waals surface area contributed by atoms with Gasteiger partial charge in [0.25, 0.3) is 0 Å². The van der Waals surface area contributed by atoms with Gasteiger partial charge in [-0.25, -0.2) is 0 Å². The molecule has 2 aromatic rings. The zero-order valence-electron chi connectivity index (χ0n) is 10.2. The van der Waals surface area contributed by atoms with Crippen LogP contribution >= 0.6 is 15.9 Å². The largest absolute Gasteiger partial charge is 0.353 e. The van der Waals surface area contributed by atoms with Crippen molar-refractivity contribution in [1.29, 1.82) is 10.5 Å². The van der Waals surface area contributed by atoms with Crippen LogP contribution in [0.2, 0.25) is 0 Å². The zero-order chi connectivity index (χ0) is 13.8. The minimum atomic E-state index is 0.536. The molecule has 0 amide bonds. The van der Waals surface area contributed by atoms with Crippen molar-refractivity contribution in [2.75, 3.05) is 5.32 Å². The van der Waals surface area contributed by atoms with E-state index < -0.39 is 0 Å². The van der Waals surface area contributed by atoms with E-state index >= 15 is 0 Å². The van der Waals surface area contributed by atoms with E-state index in [2.05, 4.69) is 33.4 Å². The molecule has 2 rings (SSSR count). The second kappa shape index (κ2) is 5.56. The van der Waals surface area contributed by atoms with Gasteiger partial charge in [-0.3, -0.25) is 0 Å². The van der Waals surface area contributed by atoms with Gasteiger partial charge in [0.15, 0.2) is 0 Å². The van der Waals surface area contributed by atoms with Crippen LogP contribution in [-0.2, 0) is 0 Å². The van der Waals surface area contributed by atoms with E-state index in [0.717, 1.165) is 10.0 Å². The summed E-state index contributed by atoms with van der Waals surface area (Å²) in [6.07, 6.45) is 0. The second-order valence-corrected chi connectivity index (χ2v) is 5.00. The van der Waals surface area contributed by atoms with Crippen LogP contribution < -0.4 is 5.32 Å². The van der Waals surface area contributed by atoms with Crippen LogP contribution in [0.5, 0.6) is 0 Å². The molecule has 0 aliphatic heterocycles. The van der Waals surface area contributed by atoms with Crippen molar-refractivity contribution < 1.29 is 0 Å². The Morgan fingerprint density at radius 2 is 1.53 bits per heavy atom. The predicted molar refractivity (Wildman–Crippen MR) is 78.0 cm³/mol. The highest BCUT2D eigenvalue weighted by Gasteiger charge is 2.07. The molecule has 4 heteroatoms. The number of benzene rings is 2. The lowest BCUT2D eigenvalue weighted by atomic mass is 10.1. The highest BCUT2D eigenvalue weighted by Crippen LogP contribution is 2.27. The van der Waals surface area contributed by atoms with Crippen molar-refractivity contribution in [3.05, 3.63) is 57.6 Å². The molecule has 92 valence electrons. The summed E-state index contributed by atoms with van der Waals surface area (Å²) in [5.41, 5.74) is 3.52. The topological polar surface area (TPSA) is 59.6 Å². The van der Waals surface area contributed by atoms with Gasteiger partial charge in [0.1, 0.15) is 12.1 Å². The van der Waals surface area contributed by atoms with Crippen LogP contribution in [0.3, 0.4) is 0 Å². The third kappa shape index (κ3) is 2.93. The molecule has 0 saturated carbocycles. The molecule has 0 aromatic heterocycles. The fraction of sp³-hybridized carbons (Fsp3) is 0.0667. The van der Waals surface area contributed by atoms with Crippen LogP contribution in [0.15, 0.2) is 40.9 Å². The van der Waals surface area contributed by atoms with Gasteiger partial charge in [0, 0.05) is 4.47 Å². The Bertz CT molecular complexity index is 647. The average molecular weight is 312 g/mol. The van der Waals surface area contributed by atoms with Crippen molar-refractivity contribution >= 4 is 27.3 Å². The number of halogens is 1. The minimum absolute atomic E-state index is 0.536. The second-order valence-electron chi connectivity index (χ2n) is 4.09. The molecule has 1 N–H and O–H groups in total. The van der Waals surface area contributed by atoms with Crippen LogP contribution in [0.4, 0.5) is 11.4 Å². The van der Waals surface area contributed by atoms with E-state index in [0.29, 0.717) is 22.5 Å². The third-order valence-corrected chi connectivity index (χ3v) is 3.16. The average Bonchev–Trinajstić information content (AvgIpc) is 2.39. The zero-order valence-corrected chi connectivity index (χ0v) is 11.8. The number of nitriles is 2. The Morgan fingerprint density at radius 1 is 0.947 bits per heavy atom. The molecule has 0 atom stereocenters. The fourth-order valence-electron chi connectivity index (χ4n) is 1.72. The van der Waals surface area contributed by atoms with E-state index in [1.54, 1.807) is 12.1 Å². The van der Waals surface area contributed by atoms with Crippen molar-refractivity contribution in [2.45, 2.75) is 6.92 Å². The first-order valence-corrected chi connectivity index (χ1v) is 6.41. The summed E-state index contributed by atoms with van der Waals surface area (Å²) in [4.78, 5) is 0. The number of hydrogen-bond acceptors (Lipinski definition) is 3. The van der Waals surface area contributed by atoms with Gasteiger partial charge in [-0.2, -0.15) is 10.5 Å². The molecule has 0 saturated heterocycles. The summed E-state index contributed by atoms with van der Waals surface area (Å²) in [7, 11) is 0. The normalized spacial score (nSPS) is 9.47. The molecule has 0 bridgehead atoms. The SMILES string of the molecule is Cc1ccc(C#N)c(Nc2cc(Br)ccc2C#N)c1. The van der Waals surface area contributed by atoms with Crippen molar-refractivity contribution in [3.8, 4) is 12.1 Å². The Balaban J connectivity index is 2.48. The monoisotopic (exact) mass is 311 g/mol. The first kappa shape index (κ1) is 13.1. The van der Waals surface area contributed by atoms with Crippen molar-refractivity contribution in [2.24, 2.45) is 0 Å². The summed E-state index contributed by atoms with van der Waals surface area (Å²) < 4.78 is 0.875. The van der Waals surface area contributed by atoms with Crippen molar-refractivity contribution in [1.82, 2.24) is 0 Å². The van der Waals surface area contributed by atoms with Gasteiger partial charge >= 0.3 is 0 Å². The number of nitrogens with zero attached hydrogens (tertiary/aromatic N) is 2. The Hall–Kier alpha value is -2.30. The van der Waals surface area contributed by atoms with Crippen LogP contribution in [0, 0.1) is 29.6 Å². The van der Waals surface area contributed by atoms with Crippen molar-refractivity contribution in [3.63, 3.8) is 0 Å². The molecule has 3 nitrogen and oxygen atoms in total. The van der Waals surface area contributed by atoms with Gasteiger partial charge in [0.05, 0.1) is 22.5 Å². The maximum absolute atomic E-state index is 9.10. The molecule has 0 spiro atoms. The molecule has 0 heterocycles. The minimum Gasteiger partial charge on any atom is -0.353 e. The third-order valence-electron chi connectivity index (χ3n) is 2.67. The molecular formula is C15H10BrN3. The molecule has 0 unspecified atom stereocenters. The summed E-state index contributed by atoms with van der Waals surface area (Å²) in [6, 6.07) is 15.2. The fourth-order valence-corrected chi connectivity index (χ4v) is 2.08. The summed E-state index contributed by atoms with van der Waals surface area (Å²) in [5.74, 6) is 0. The maximum atomic E-state index is 9.10.